The van der Waals surface area contributed by atoms with E-state index in [1.165, 1.54) is 11.3 Å². The summed E-state index contributed by atoms with van der Waals surface area (Å²) in [5.74, 6) is 0. The van der Waals surface area contributed by atoms with E-state index in [1.54, 1.807) is 5.38 Å². The van der Waals surface area contributed by atoms with Gasteiger partial charge in [0.2, 0.25) is 0 Å². The van der Waals surface area contributed by atoms with E-state index in [0.29, 0.717) is 5.56 Å². The summed E-state index contributed by atoms with van der Waals surface area (Å²) in [5.41, 5.74) is 3.53. The summed E-state index contributed by atoms with van der Waals surface area (Å²) in [6.07, 6.45) is 0. The highest BCUT2D eigenvalue weighted by Gasteiger charge is 2.17. The summed E-state index contributed by atoms with van der Waals surface area (Å²) >= 11 is 1.52. The fourth-order valence-corrected chi connectivity index (χ4v) is 3.41. The van der Waals surface area contributed by atoms with Crippen LogP contribution in [0.2, 0.25) is 0 Å². The Balaban J connectivity index is 2.11. The molecule has 3 rings (SSSR count). The Bertz CT molecular complexity index is 658. The molecule has 0 bridgehead atoms. The molecule has 0 radical (unpaired) electrons. The Kier molecular flexibility index (Phi) is 2.69. The van der Waals surface area contributed by atoms with E-state index in [0.717, 1.165) is 47.9 Å². The third kappa shape index (κ3) is 2.40. The van der Waals surface area contributed by atoms with Crippen molar-refractivity contribution in [3.8, 4) is 11.1 Å². The number of anilines is 1. The van der Waals surface area contributed by atoms with Crippen LogP contribution in [0.4, 0.5) is 5.69 Å². The maximum atomic E-state index is 7.81. The lowest BCUT2D eigenvalue weighted by atomic mass is 10.00. The van der Waals surface area contributed by atoms with E-state index in [9.17, 15) is 0 Å². The zero-order chi connectivity index (χ0) is 15.7. The molecule has 19 heavy (non-hydrogen) atoms. The van der Waals surface area contributed by atoms with Crippen LogP contribution in [-0.2, 0) is 0 Å². The van der Waals surface area contributed by atoms with Gasteiger partial charge in [-0.05, 0) is 30.8 Å². The normalized spacial score (nSPS) is 18.8. The van der Waals surface area contributed by atoms with Crippen LogP contribution in [0, 0.1) is 13.8 Å². The molecule has 1 aromatic carbocycles. The average Bonchev–Trinajstić information content (AvgIpc) is 2.90. The number of rotatable bonds is 2. The molecule has 0 unspecified atom stereocenters. The number of para-hydroxylation sites is 1. The molecule has 3 heteroatoms. The highest BCUT2D eigenvalue weighted by atomic mass is 32.1. The van der Waals surface area contributed by atoms with E-state index in [-0.39, 0.29) is 0 Å². The topological polar surface area (TPSA) is 15.3 Å². The summed E-state index contributed by atoms with van der Waals surface area (Å²) in [7, 11) is 0. The third-order valence-electron chi connectivity index (χ3n) is 3.61. The number of piperazine rings is 1. The van der Waals surface area contributed by atoms with Crippen LogP contribution in [0.15, 0.2) is 29.6 Å². The Morgan fingerprint density at radius 1 is 1.26 bits per heavy atom. The van der Waals surface area contributed by atoms with E-state index >= 15 is 0 Å². The highest BCUT2D eigenvalue weighted by molar-refractivity contribution is 7.10. The number of aryl methyl sites for hydroxylation is 2. The van der Waals surface area contributed by atoms with Crippen molar-refractivity contribution >= 4 is 17.0 Å². The minimum Gasteiger partial charge on any atom is -0.368 e. The molecule has 1 N–H and O–H groups in total. The number of thiophene rings is 1. The van der Waals surface area contributed by atoms with Gasteiger partial charge in [0.15, 0.2) is 0 Å². The second-order valence-corrected chi connectivity index (χ2v) is 5.92. The van der Waals surface area contributed by atoms with Crippen LogP contribution in [0.1, 0.15) is 14.6 Å². The van der Waals surface area contributed by atoms with Gasteiger partial charge in [0, 0.05) is 52.0 Å². The predicted molar refractivity (Wildman–Crippen MR) is 84.3 cm³/mol. The van der Waals surface area contributed by atoms with Gasteiger partial charge in [0.1, 0.15) is 0 Å². The molecule has 2 aromatic rings. The number of hydrogen-bond donors (Lipinski definition) is 1. The lowest BCUT2D eigenvalue weighted by Crippen LogP contribution is -2.43. The van der Waals surface area contributed by atoms with Crippen LogP contribution in [-0.4, -0.2) is 26.2 Å². The number of hydrogen-bond acceptors (Lipinski definition) is 3. The molecule has 1 saturated heterocycles. The molecule has 0 aliphatic carbocycles. The zero-order valence-corrected chi connectivity index (χ0v) is 11.9. The van der Waals surface area contributed by atoms with Gasteiger partial charge in [-0.1, -0.05) is 18.2 Å². The molecule has 2 nitrogen and oxygen atoms in total. The molecular formula is C16H20N2S. The molecule has 0 atom stereocenters. The van der Waals surface area contributed by atoms with Crippen molar-refractivity contribution < 1.29 is 4.11 Å². The Labute approximate surface area is 123 Å². The third-order valence-corrected chi connectivity index (χ3v) is 4.52. The molecule has 0 saturated carbocycles. The highest BCUT2D eigenvalue weighted by Crippen LogP contribution is 2.37. The first-order valence-electron chi connectivity index (χ1n) is 8.12. The van der Waals surface area contributed by atoms with Crippen LogP contribution >= 0.6 is 11.3 Å². The van der Waals surface area contributed by atoms with E-state index < -0.39 is 6.85 Å². The molecule has 2 heterocycles. The lowest BCUT2D eigenvalue weighted by molar-refractivity contribution is 0.589. The van der Waals surface area contributed by atoms with Gasteiger partial charge in [0.25, 0.3) is 0 Å². The number of nitrogens with one attached hydrogen (secondary N) is 1. The molecule has 1 aromatic heterocycles. The fourth-order valence-electron chi connectivity index (χ4n) is 2.66. The van der Waals surface area contributed by atoms with Crippen LogP contribution in [0.25, 0.3) is 11.1 Å². The fraction of sp³-hybridized carbons (Fsp3) is 0.375. The maximum absolute atomic E-state index is 7.81. The van der Waals surface area contributed by atoms with Gasteiger partial charge >= 0.3 is 0 Å². The minimum absolute atomic E-state index is 0.470. The maximum Gasteiger partial charge on any atom is 0.0447 e. The van der Waals surface area contributed by atoms with Crippen LogP contribution in [0.3, 0.4) is 0 Å². The summed E-state index contributed by atoms with van der Waals surface area (Å²) in [4.78, 5) is 3.40. The molecular weight excluding hydrogens is 252 g/mol. The van der Waals surface area contributed by atoms with Gasteiger partial charge in [-0.3, -0.25) is 0 Å². The Morgan fingerprint density at radius 2 is 2.05 bits per heavy atom. The van der Waals surface area contributed by atoms with Crippen molar-refractivity contribution in [1.29, 1.82) is 0 Å². The van der Waals surface area contributed by atoms with Gasteiger partial charge in [-0.2, -0.15) is 0 Å². The van der Waals surface area contributed by atoms with Crippen molar-refractivity contribution in [2.75, 3.05) is 31.1 Å². The molecule has 1 aliphatic heterocycles. The second kappa shape index (κ2) is 5.35. The van der Waals surface area contributed by atoms with Crippen molar-refractivity contribution in [2.45, 2.75) is 13.8 Å². The standard InChI is InChI=1S/C16H20N2S/c1-12-11-19-13(2)16(12)14-5-3-4-6-15(14)18-9-7-17-8-10-18/h3-6,11,17H,7-10H2,1-2H3/i1D3. The predicted octanol–water partition coefficient (Wildman–Crippen LogP) is 3.44. The van der Waals surface area contributed by atoms with Gasteiger partial charge in [-0.15, -0.1) is 11.3 Å². The molecule has 0 amide bonds. The van der Waals surface area contributed by atoms with Crippen molar-refractivity contribution in [3.63, 3.8) is 0 Å². The monoisotopic (exact) mass is 275 g/mol. The SMILES string of the molecule is [2H]C([2H])([2H])c1csc(C)c1-c1ccccc1N1CCNCC1. The smallest absolute Gasteiger partial charge is 0.0447 e. The van der Waals surface area contributed by atoms with Gasteiger partial charge in [0.05, 0.1) is 0 Å². The lowest BCUT2D eigenvalue weighted by Gasteiger charge is -2.31. The first-order valence-corrected chi connectivity index (χ1v) is 7.50. The van der Waals surface area contributed by atoms with E-state index in [4.69, 9.17) is 4.11 Å². The first-order chi connectivity index (χ1) is 10.5. The Hall–Kier alpha value is -1.32. The summed E-state index contributed by atoms with van der Waals surface area (Å²) in [6, 6.07) is 8.15. The molecule has 1 fully saturated rings. The van der Waals surface area contributed by atoms with Crippen LogP contribution in [0.5, 0.6) is 0 Å². The summed E-state index contributed by atoms with van der Waals surface area (Å²) in [6.45, 7) is 3.75. The Morgan fingerprint density at radius 3 is 2.84 bits per heavy atom. The van der Waals surface area contributed by atoms with Crippen molar-refractivity contribution in [2.24, 2.45) is 0 Å². The summed E-state index contributed by atoms with van der Waals surface area (Å²) < 4.78 is 23.4. The molecule has 100 valence electrons. The van der Waals surface area contributed by atoms with E-state index in [1.807, 2.05) is 25.1 Å². The van der Waals surface area contributed by atoms with Crippen molar-refractivity contribution in [1.82, 2.24) is 5.32 Å². The van der Waals surface area contributed by atoms with Gasteiger partial charge in [-0.25, -0.2) is 0 Å². The second-order valence-electron chi connectivity index (χ2n) is 4.83. The molecule has 0 spiro atoms. The number of benzene rings is 1. The minimum atomic E-state index is -2.07. The van der Waals surface area contributed by atoms with Crippen LogP contribution < -0.4 is 10.2 Å². The largest absolute Gasteiger partial charge is 0.368 e. The average molecular weight is 275 g/mol. The first kappa shape index (κ1) is 9.56. The summed E-state index contributed by atoms with van der Waals surface area (Å²) in [5, 5.41) is 5.14. The zero-order valence-electron chi connectivity index (χ0n) is 14.1. The molecule has 1 aliphatic rings. The van der Waals surface area contributed by atoms with E-state index in [2.05, 4.69) is 16.3 Å². The van der Waals surface area contributed by atoms with Gasteiger partial charge < -0.3 is 10.2 Å². The number of nitrogens with zero attached hydrogens (tertiary/aromatic N) is 1. The quantitative estimate of drug-likeness (QED) is 0.903. The van der Waals surface area contributed by atoms with Crippen molar-refractivity contribution in [3.05, 3.63) is 40.1 Å².